The minimum Gasteiger partial charge on any atom is -0.381 e. The number of hydrogen-bond acceptors (Lipinski definition) is 2. The molecule has 114 valence electrons. The Bertz CT molecular complexity index is 448. The Morgan fingerprint density at radius 2 is 1.90 bits per heavy atom. The van der Waals surface area contributed by atoms with Crippen LogP contribution in [0.4, 0.5) is 0 Å². The maximum absolute atomic E-state index is 5.61. The van der Waals surface area contributed by atoms with Crippen molar-refractivity contribution in [2.24, 2.45) is 5.92 Å². The summed E-state index contributed by atoms with van der Waals surface area (Å²) in [5.41, 5.74) is 1.74. The van der Waals surface area contributed by atoms with Crippen molar-refractivity contribution in [2.45, 2.75) is 37.5 Å². The zero-order valence-electron chi connectivity index (χ0n) is 12.9. The summed E-state index contributed by atoms with van der Waals surface area (Å²) in [5, 5.41) is 3.77. The van der Waals surface area contributed by atoms with Gasteiger partial charge in [0.25, 0.3) is 0 Å². The summed E-state index contributed by atoms with van der Waals surface area (Å²) < 4.78 is 5.61. The van der Waals surface area contributed by atoms with E-state index in [1.165, 1.54) is 24.8 Å². The van der Waals surface area contributed by atoms with Crippen LogP contribution in [0.3, 0.4) is 0 Å². The lowest BCUT2D eigenvalue weighted by Gasteiger charge is -2.38. The zero-order chi connectivity index (χ0) is 14.4. The van der Waals surface area contributed by atoms with E-state index in [0.29, 0.717) is 0 Å². The van der Waals surface area contributed by atoms with Crippen molar-refractivity contribution in [3.05, 3.63) is 48.0 Å². The van der Waals surface area contributed by atoms with Gasteiger partial charge in [0.15, 0.2) is 0 Å². The molecule has 0 aromatic heterocycles. The molecule has 0 saturated carbocycles. The molecule has 21 heavy (non-hydrogen) atoms. The smallest absolute Gasteiger partial charge is 0.0475 e. The first kappa shape index (κ1) is 14.8. The standard InChI is InChI=1S/C19H27NO/c1-3-7-17(8-4-1)15-20-16-19(11-13-21-14-12-19)18-9-5-2-6-10-18/h1-3,5-6,9-10,17,20H,4,7-8,11-16H2. The summed E-state index contributed by atoms with van der Waals surface area (Å²) in [7, 11) is 0. The van der Waals surface area contributed by atoms with E-state index >= 15 is 0 Å². The summed E-state index contributed by atoms with van der Waals surface area (Å²) >= 11 is 0. The van der Waals surface area contributed by atoms with Crippen molar-refractivity contribution in [3.63, 3.8) is 0 Å². The lowest BCUT2D eigenvalue weighted by molar-refractivity contribution is 0.0495. The van der Waals surface area contributed by atoms with Gasteiger partial charge in [-0.2, -0.15) is 0 Å². The first-order chi connectivity index (χ1) is 10.4. The molecule has 0 spiro atoms. The first-order valence-electron chi connectivity index (χ1n) is 8.38. The summed E-state index contributed by atoms with van der Waals surface area (Å²) in [6.45, 7) is 4.02. The Balaban J connectivity index is 1.61. The van der Waals surface area contributed by atoms with E-state index in [-0.39, 0.29) is 5.41 Å². The van der Waals surface area contributed by atoms with Gasteiger partial charge in [0, 0.05) is 25.2 Å². The molecule has 0 bridgehead atoms. The molecule has 3 rings (SSSR count). The summed E-state index contributed by atoms with van der Waals surface area (Å²) in [6.07, 6.45) is 10.8. The number of allylic oxidation sites excluding steroid dienone is 2. The maximum Gasteiger partial charge on any atom is 0.0475 e. The number of nitrogens with one attached hydrogen (secondary N) is 1. The molecule has 1 saturated heterocycles. The van der Waals surface area contributed by atoms with Crippen LogP contribution in [0.1, 0.15) is 37.7 Å². The van der Waals surface area contributed by atoms with Crippen LogP contribution in [-0.4, -0.2) is 26.3 Å². The molecule has 1 atom stereocenters. The fourth-order valence-corrected chi connectivity index (χ4v) is 3.68. The van der Waals surface area contributed by atoms with Crippen LogP contribution in [-0.2, 0) is 10.2 Å². The number of hydrogen-bond donors (Lipinski definition) is 1. The third-order valence-electron chi connectivity index (χ3n) is 5.11. The van der Waals surface area contributed by atoms with E-state index in [1.54, 1.807) is 0 Å². The van der Waals surface area contributed by atoms with Gasteiger partial charge in [-0.1, -0.05) is 42.5 Å². The van der Waals surface area contributed by atoms with Crippen LogP contribution < -0.4 is 5.32 Å². The second-order valence-electron chi connectivity index (χ2n) is 6.54. The number of ether oxygens (including phenoxy) is 1. The monoisotopic (exact) mass is 285 g/mol. The van der Waals surface area contributed by atoms with E-state index in [1.807, 2.05) is 0 Å². The molecule has 2 heteroatoms. The lowest BCUT2D eigenvalue weighted by Crippen LogP contribution is -2.44. The van der Waals surface area contributed by atoms with Crippen LogP contribution in [0, 0.1) is 5.92 Å². The maximum atomic E-state index is 5.61. The van der Waals surface area contributed by atoms with Crippen molar-refractivity contribution < 1.29 is 4.74 Å². The van der Waals surface area contributed by atoms with Crippen LogP contribution in [0.25, 0.3) is 0 Å². The molecule has 1 aliphatic heterocycles. The van der Waals surface area contributed by atoms with Crippen LogP contribution in [0.2, 0.25) is 0 Å². The molecule has 2 aliphatic rings. The number of benzene rings is 1. The van der Waals surface area contributed by atoms with Gasteiger partial charge in [-0.05, 0) is 50.1 Å². The predicted octanol–water partition coefficient (Wildman–Crippen LogP) is 3.68. The molecule has 1 aromatic carbocycles. The summed E-state index contributed by atoms with van der Waals surface area (Å²) in [5.74, 6) is 0.822. The van der Waals surface area contributed by atoms with Crippen molar-refractivity contribution >= 4 is 0 Å². The van der Waals surface area contributed by atoms with Crippen LogP contribution >= 0.6 is 0 Å². The lowest BCUT2D eigenvalue weighted by atomic mass is 9.74. The van der Waals surface area contributed by atoms with Crippen LogP contribution in [0.5, 0.6) is 0 Å². The van der Waals surface area contributed by atoms with Crippen LogP contribution in [0.15, 0.2) is 42.5 Å². The molecular weight excluding hydrogens is 258 g/mol. The highest BCUT2D eigenvalue weighted by atomic mass is 16.5. The largest absolute Gasteiger partial charge is 0.381 e. The second-order valence-corrected chi connectivity index (χ2v) is 6.54. The van der Waals surface area contributed by atoms with Gasteiger partial charge in [-0.25, -0.2) is 0 Å². The van der Waals surface area contributed by atoms with E-state index in [0.717, 1.165) is 45.1 Å². The van der Waals surface area contributed by atoms with E-state index < -0.39 is 0 Å². The third kappa shape index (κ3) is 3.75. The zero-order valence-corrected chi connectivity index (χ0v) is 12.9. The fraction of sp³-hybridized carbons (Fsp3) is 0.579. The van der Waals surface area contributed by atoms with Crippen molar-refractivity contribution in [3.8, 4) is 0 Å². The molecule has 1 aromatic rings. The highest BCUT2D eigenvalue weighted by Gasteiger charge is 2.34. The summed E-state index contributed by atoms with van der Waals surface area (Å²) in [4.78, 5) is 0. The molecule has 1 N–H and O–H groups in total. The van der Waals surface area contributed by atoms with Crippen molar-refractivity contribution in [1.29, 1.82) is 0 Å². The second kappa shape index (κ2) is 7.24. The Kier molecular flexibility index (Phi) is 5.10. The van der Waals surface area contributed by atoms with Gasteiger partial charge in [0.2, 0.25) is 0 Å². The van der Waals surface area contributed by atoms with Gasteiger partial charge in [-0.3, -0.25) is 0 Å². The SMILES string of the molecule is C1=CCC(CNCC2(c3ccccc3)CCOCC2)CC1. The molecular formula is C19H27NO. The Morgan fingerprint density at radius 3 is 2.62 bits per heavy atom. The van der Waals surface area contributed by atoms with Gasteiger partial charge < -0.3 is 10.1 Å². The van der Waals surface area contributed by atoms with E-state index in [9.17, 15) is 0 Å². The summed E-state index contributed by atoms with van der Waals surface area (Å²) in [6, 6.07) is 11.0. The average molecular weight is 285 g/mol. The third-order valence-corrected chi connectivity index (χ3v) is 5.11. The first-order valence-corrected chi connectivity index (χ1v) is 8.38. The Hall–Kier alpha value is -1.12. The van der Waals surface area contributed by atoms with Gasteiger partial charge in [-0.15, -0.1) is 0 Å². The highest BCUT2D eigenvalue weighted by molar-refractivity contribution is 5.26. The molecule has 1 fully saturated rings. The van der Waals surface area contributed by atoms with E-state index in [4.69, 9.17) is 4.74 Å². The van der Waals surface area contributed by atoms with E-state index in [2.05, 4.69) is 47.8 Å². The highest BCUT2D eigenvalue weighted by Crippen LogP contribution is 2.34. The minimum atomic E-state index is 0.268. The minimum absolute atomic E-state index is 0.268. The molecule has 0 radical (unpaired) electrons. The predicted molar refractivity (Wildman–Crippen MR) is 87.5 cm³/mol. The fourth-order valence-electron chi connectivity index (χ4n) is 3.68. The van der Waals surface area contributed by atoms with Crippen molar-refractivity contribution in [1.82, 2.24) is 5.32 Å². The Labute approximate surface area is 128 Å². The normalized spacial score (nSPS) is 24.9. The van der Waals surface area contributed by atoms with Crippen molar-refractivity contribution in [2.75, 3.05) is 26.3 Å². The number of rotatable bonds is 5. The van der Waals surface area contributed by atoms with Gasteiger partial charge in [0.05, 0.1) is 0 Å². The average Bonchev–Trinajstić information content (AvgIpc) is 2.58. The quantitative estimate of drug-likeness (QED) is 0.833. The molecule has 1 aliphatic carbocycles. The van der Waals surface area contributed by atoms with Gasteiger partial charge in [0.1, 0.15) is 0 Å². The van der Waals surface area contributed by atoms with Gasteiger partial charge >= 0.3 is 0 Å². The Morgan fingerprint density at radius 1 is 1.10 bits per heavy atom. The molecule has 1 heterocycles. The topological polar surface area (TPSA) is 21.3 Å². The molecule has 0 amide bonds. The molecule has 2 nitrogen and oxygen atoms in total. The molecule has 1 unspecified atom stereocenters.